The van der Waals surface area contributed by atoms with Crippen LogP contribution in [-0.4, -0.2) is 18.4 Å². The molecule has 3 heteroatoms. The third kappa shape index (κ3) is 1.37. The van der Waals surface area contributed by atoms with Crippen LogP contribution in [0.2, 0.25) is 0 Å². The summed E-state index contributed by atoms with van der Waals surface area (Å²) in [6.45, 7) is 2.12. The lowest BCUT2D eigenvalue weighted by molar-refractivity contribution is -0.151. The Bertz CT molecular complexity index is 304. The number of hydrogen-bond acceptors (Lipinski definition) is 3. The number of allylic oxidation sites excluding steroid dienone is 2. The van der Waals surface area contributed by atoms with Crippen LogP contribution in [0.1, 0.15) is 26.2 Å². The van der Waals surface area contributed by atoms with E-state index in [0.29, 0.717) is 6.61 Å². The molecule has 0 heterocycles. The highest BCUT2D eigenvalue weighted by molar-refractivity contribution is 6.08. The quantitative estimate of drug-likeness (QED) is 0.494. The Morgan fingerprint density at radius 3 is 3.14 bits per heavy atom. The van der Waals surface area contributed by atoms with Crippen LogP contribution in [-0.2, 0) is 14.3 Å². The third-order valence-corrected chi connectivity index (χ3v) is 3.03. The predicted octanol–water partition coefficient (Wildman–Crippen LogP) is 1.47. The van der Waals surface area contributed by atoms with E-state index in [-0.39, 0.29) is 17.7 Å². The second kappa shape index (κ2) is 3.56. The Labute approximate surface area is 83.1 Å². The largest absolute Gasteiger partial charge is 0.465 e. The van der Waals surface area contributed by atoms with Crippen molar-refractivity contribution in [3.05, 3.63) is 11.6 Å². The monoisotopic (exact) mass is 194 g/mol. The van der Waals surface area contributed by atoms with Crippen molar-refractivity contribution in [2.24, 2.45) is 11.8 Å². The number of hydrogen-bond donors (Lipinski definition) is 0. The molecule has 14 heavy (non-hydrogen) atoms. The molecule has 2 atom stereocenters. The highest BCUT2D eigenvalue weighted by atomic mass is 16.5. The van der Waals surface area contributed by atoms with Gasteiger partial charge in [-0.25, -0.2) is 0 Å². The van der Waals surface area contributed by atoms with Gasteiger partial charge in [-0.1, -0.05) is 5.57 Å². The van der Waals surface area contributed by atoms with Crippen molar-refractivity contribution < 1.29 is 14.3 Å². The molecule has 1 saturated carbocycles. The van der Waals surface area contributed by atoms with Crippen LogP contribution < -0.4 is 0 Å². The summed E-state index contributed by atoms with van der Waals surface area (Å²) in [6.07, 6.45) is 4.69. The molecule has 0 unspecified atom stereocenters. The van der Waals surface area contributed by atoms with E-state index in [0.717, 1.165) is 24.8 Å². The van der Waals surface area contributed by atoms with Gasteiger partial charge in [0.2, 0.25) is 0 Å². The van der Waals surface area contributed by atoms with Gasteiger partial charge in [-0.15, -0.1) is 0 Å². The van der Waals surface area contributed by atoms with E-state index in [1.165, 1.54) is 0 Å². The van der Waals surface area contributed by atoms with Gasteiger partial charge < -0.3 is 4.74 Å². The second-order valence-electron chi connectivity index (χ2n) is 3.85. The van der Waals surface area contributed by atoms with Gasteiger partial charge in [0.1, 0.15) is 5.92 Å². The van der Waals surface area contributed by atoms with E-state index in [1.807, 2.05) is 0 Å². The lowest BCUT2D eigenvalue weighted by Gasteiger charge is -2.14. The zero-order valence-electron chi connectivity index (χ0n) is 8.29. The minimum atomic E-state index is -0.521. The lowest BCUT2D eigenvalue weighted by Crippen LogP contribution is -2.27. The molecule has 0 amide bonds. The molecule has 0 N–H and O–H groups in total. The summed E-state index contributed by atoms with van der Waals surface area (Å²) in [6, 6.07) is 0. The van der Waals surface area contributed by atoms with Gasteiger partial charge in [0.15, 0.2) is 5.78 Å². The Hall–Kier alpha value is -1.12. The number of carbonyl (C=O) groups is 2. The molecule has 2 aliphatic rings. The van der Waals surface area contributed by atoms with E-state index in [9.17, 15) is 9.59 Å². The Morgan fingerprint density at radius 1 is 1.64 bits per heavy atom. The minimum Gasteiger partial charge on any atom is -0.465 e. The summed E-state index contributed by atoms with van der Waals surface area (Å²) >= 11 is 0. The fraction of sp³-hybridized carbons (Fsp3) is 0.636. The van der Waals surface area contributed by atoms with E-state index in [4.69, 9.17) is 4.74 Å². The fourth-order valence-corrected chi connectivity index (χ4v) is 2.44. The molecule has 0 aromatic heterocycles. The Kier molecular flexibility index (Phi) is 2.40. The zero-order valence-corrected chi connectivity index (χ0v) is 8.29. The molecule has 0 saturated heterocycles. The highest BCUT2D eigenvalue weighted by Gasteiger charge is 2.43. The Morgan fingerprint density at radius 2 is 2.43 bits per heavy atom. The maximum Gasteiger partial charge on any atom is 0.317 e. The predicted molar refractivity (Wildman–Crippen MR) is 50.6 cm³/mol. The van der Waals surface area contributed by atoms with Crippen LogP contribution in [0.25, 0.3) is 0 Å². The summed E-state index contributed by atoms with van der Waals surface area (Å²) in [4.78, 5) is 23.0. The Balaban J connectivity index is 2.14. The van der Waals surface area contributed by atoms with Crippen LogP contribution >= 0.6 is 0 Å². The minimum absolute atomic E-state index is 0.0526. The van der Waals surface area contributed by atoms with E-state index >= 15 is 0 Å². The normalized spacial score (nSPS) is 30.1. The maximum absolute atomic E-state index is 11.5. The number of carbonyl (C=O) groups excluding carboxylic acids is 2. The number of fused-ring (bicyclic) bond motifs is 1. The van der Waals surface area contributed by atoms with Gasteiger partial charge in [-0.2, -0.15) is 0 Å². The molecule has 2 aliphatic carbocycles. The summed E-state index contributed by atoms with van der Waals surface area (Å²) in [5, 5.41) is 0. The van der Waals surface area contributed by atoms with Crippen LogP contribution in [0.3, 0.4) is 0 Å². The number of rotatable bonds is 2. The molecule has 76 valence electrons. The fourth-order valence-electron chi connectivity index (χ4n) is 2.44. The van der Waals surface area contributed by atoms with Crippen LogP contribution in [0.15, 0.2) is 11.6 Å². The van der Waals surface area contributed by atoms with Crippen molar-refractivity contribution in [3.63, 3.8) is 0 Å². The molecule has 1 fully saturated rings. The van der Waals surface area contributed by atoms with Crippen molar-refractivity contribution in [3.8, 4) is 0 Å². The molecule has 0 bridgehead atoms. The number of ketones is 1. The number of ether oxygens (including phenoxy) is 1. The second-order valence-corrected chi connectivity index (χ2v) is 3.85. The molecular formula is C11H14O3. The molecule has 0 spiro atoms. The van der Waals surface area contributed by atoms with E-state index in [2.05, 4.69) is 0 Å². The summed E-state index contributed by atoms with van der Waals surface area (Å²) < 4.78 is 4.91. The topological polar surface area (TPSA) is 43.4 Å². The molecule has 0 aliphatic heterocycles. The summed E-state index contributed by atoms with van der Waals surface area (Å²) in [5.41, 5.74) is 1.16. The van der Waals surface area contributed by atoms with Gasteiger partial charge in [-0.3, -0.25) is 9.59 Å². The molecule has 0 radical (unpaired) electrons. The molecule has 3 nitrogen and oxygen atoms in total. The van der Waals surface area contributed by atoms with Crippen molar-refractivity contribution >= 4 is 11.8 Å². The van der Waals surface area contributed by atoms with E-state index in [1.54, 1.807) is 13.0 Å². The van der Waals surface area contributed by atoms with Crippen LogP contribution in [0.5, 0.6) is 0 Å². The van der Waals surface area contributed by atoms with Gasteiger partial charge in [0.25, 0.3) is 0 Å². The molecule has 0 aromatic rings. The first-order valence-corrected chi connectivity index (χ1v) is 5.15. The van der Waals surface area contributed by atoms with E-state index < -0.39 is 5.92 Å². The van der Waals surface area contributed by atoms with Crippen molar-refractivity contribution in [1.29, 1.82) is 0 Å². The van der Waals surface area contributed by atoms with Gasteiger partial charge >= 0.3 is 5.97 Å². The van der Waals surface area contributed by atoms with Gasteiger partial charge in [0.05, 0.1) is 6.61 Å². The van der Waals surface area contributed by atoms with Crippen molar-refractivity contribution in [1.82, 2.24) is 0 Å². The molecular weight excluding hydrogens is 180 g/mol. The summed E-state index contributed by atoms with van der Waals surface area (Å²) in [7, 11) is 0. The zero-order chi connectivity index (χ0) is 10.1. The van der Waals surface area contributed by atoms with Gasteiger partial charge in [0, 0.05) is 5.92 Å². The molecule has 0 aromatic carbocycles. The standard InChI is InChI=1S/C11H14O3/c1-2-14-11(13)10-8-5-3-4-7(8)6-9(10)12/h6,8,10H,2-5H2,1H3/t8-,10-/m0/s1. The van der Waals surface area contributed by atoms with Crippen molar-refractivity contribution in [2.45, 2.75) is 26.2 Å². The number of esters is 1. The average molecular weight is 194 g/mol. The first kappa shape index (κ1) is 9.44. The molecule has 2 rings (SSSR count). The van der Waals surface area contributed by atoms with Crippen LogP contribution in [0.4, 0.5) is 0 Å². The van der Waals surface area contributed by atoms with Crippen molar-refractivity contribution in [2.75, 3.05) is 6.61 Å². The van der Waals surface area contributed by atoms with Gasteiger partial charge in [-0.05, 0) is 32.3 Å². The summed E-state index contributed by atoms with van der Waals surface area (Å²) in [5.74, 6) is -0.757. The van der Waals surface area contributed by atoms with Crippen LogP contribution in [0, 0.1) is 11.8 Å². The maximum atomic E-state index is 11.5. The first-order valence-electron chi connectivity index (χ1n) is 5.15. The first-order chi connectivity index (χ1) is 6.74. The SMILES string of the molecule is CCOC(=O)[C@@H]1C(=O)C=C2CCC[C@@H]21. The highest BCUT2D eigenvalue weighted by Crippen LogP contribution is 2.42. The average Bonchev–Trinajstić information content (AvgIpc) is 2.63. The smallest absolute Gasteiger partial charge is 0.317 e. The third-order valence-electron chi connectivity index (χ3n) is 3.03. The lowest BCUT2D eigenvalue weighted by atomic mass is 9.92.